The lowest BCUT2D eigenvalue weighted by atomic mass is 9.97. The summed E-state index contributed by atoms with van der Waals surface area (Å²) in [4.78, 5) is 12.1. The Hall–Kier alpha value is -1.34. The second-order valence-corrected chi connectivity index (χ2v) is 9.40. The molecule has 0 saturated heterocycles. The van der Waals surface area contributed by atoms with E-state index in [1.54, 1.807) is 11.8 Å². The van der Waals surface area contributed by atoms with Gasteiger partial charge in [-0.1, -0.05) is 11.6 Å². The second-order valence-electron chi connectivity index (χ2n) is 6.92. The molecule has 5 rings (SSSR count). The van der Waals surface area contributed by atoms with Crippen molar-refractivity contribution >= 4 is 44.9 Å². The number of hydrogen-bond donors (Lipinski definition) is 0. The minimum Gasteiger partial charge on any atom is -0.467 e. The van der Waals surface area contributed by atoms with Gasteiger partial charge in [-0.05, 0) is 50.3 Å². The Kier molecular flexibility index (Phi) is 4.76. The largest absolute Gasteiger partial charge is 0.467 e. The number of thioether (sulfide) groups is 1. The molecule has 0 fully saturated rings. The fourth-order valence-electron chi connectivity index (χ4n) is 3.84. The Morgan fingerprint density at radius 1 is 1.22 bits per heavy atom. The van der Waals surface area contributed by atoms with Crippen LogP contribution in [0.15, 0.2) is 17.2 Å². The van der Waals surface area contributed by atoms with E-state index >= 15 is 0 Å². The number of aryl methyl sites for hydroxylation is 3. The van der Waals surface area contributed by atoms with Crippen LogP contribution in [0.1, 0.15) is 40.2 Å². The summed E-state index contributed by atoms with van der Waals surface area (Å²) in [6, 6.07) is 3.92. The second kappa shape index (κ2) is 7.24. The Morgan fingerprint density at radius 2 is 2.11 bits per heavy atom. The molecule has 3 heterocycles. The molecular weight excluding hydrogens is 400 g/mol. The molecule has 0 radical (unpaired) electrons. The summed E-state index contributed by atoms with van der Waals surface area (Å²) in [7, 11) is 0. The number of halogens is 1. The van der Waals surface area contributed by atoms with Gasteiger partial charge in [-0.2, -0.15) is 0 Å². The third-order valence-corrected chi connectivity index (χ3v) is 7.44. The van der Waals surface area contributed by atoms with Crippen molar-refractivity contribution < 1.29 is 9.47 Å². The van der Waals surface area contributed by atoms with Crippen LogP contribution in [0.4, 0.5) is 0 Å². The van der Waals surface area contributed by atoms with Gasteiger partial charge >= 0.3 is 0 Å². The summed E-state index contributed by atoms with van der Waals surface area (Å²) in [5.41, 5.74) is 3.59. The van der Waals surface area contributed by atoms with Crippen LogP contribution in [0.2, 0.25) is 5.02 Å². The Balaban J connectivity index is 1.52. The molecule has 0 saturated carbocycles. The highest BCUT2D eigenvalue weighted by Gasteiger charge is 2.22. The van der Waals surface area contributed by atoms with Gasteiger partial charge in [0.15, 0.2) is 6.79 Å². The zero-order chi connectivity index (χ0) is 18.4. The number of hydrogen-bond acceptors (Lipinski definition) is 6. The van der Waals surface area contributed by atoms with Crippen molar-refractivity contribution in [3.63, 3.8) is 0 Å². The first-order chi connectivity index (χ1) is 13.2. The smallest absolute Gasteiger partial charge is 0.189 e. The van der Waals surface area contributed by atoms with Crippen molar-refractivity contribution in [2.24, 2.45) is 0 Å². The summed E-state index contributed by atoms with van der Waals surface area (Å²) < 4.78 is 11.1. The molecule has 0 unspecified atom stereocenters. The Bertz CT molecular complexity index is 1030. The van der Waals surface area contributed by atoms with Crippen LogP contribution in [0.5, 0.6) is 5.75 Å². The molecule has 0 spiro atoms. The summed E-state index contributed by atoms with van der Waals surface area (Å²) in [6.45, 7) is 2.81. The van der Waals surface area contributed by atoms with E-state index in [0.29, 0.717) is 13.4 Å². The van der Waals surface area contributed by atoms with Crippen molar-refractivity contribution in [2.75, 3.05) is 6.79 Å². The summed E-state index contributed by atoms with van der Waals surface area (Å²) >= 11 is 9.92. The molecule has 1 aliphatic carbocycles. The van der Waals surface area contributed by atoms with Crippen LogP contribution >= 0.6 is 34.7 Å². The molecule has 1 aromatic carbocycles. The first kappa shape index (κ1) is 17.7. The van der Waals surface area contributed by atoms with Gasteiger partial charge in [0.1, 0.15) is 21.4 Å². The van der Waals surface area contributed by atoms with E-state index in [-0.39, 0.29) is 0 Å². The molecule has 0 amide bonds. The van der Waals surface area contributed by atoms with Gasteiger partial charge in [-0.25, -0.2) is 9.97 Å². The Labute approximate surface area is 171 Å². The van der Waals surface area contributed by atoms with E-state index in [1.807, 2.05) is 30.4 Å². The maximum atomic E-state index is 6.32. The minimum absolute atomic E-state index is 0.293. The highest BCUT2D eigenvalue weighted by Crippen LogP contribution is 2.41. The predicted octanol–water partition coefficient (Wildman–Crippen LogP) is 5.69. The highest BCUT2D eigenvalue weighted by atomic mass is 35.5. The lowest BCUT2D eigenvalue weighted by Gasteiger charge is -2.21. The monoisotopic (exact) mass is 418 g/mol. The summed E-state index contributed by atoms with van der Waals surface area (Å²) in [5.74, 6) is 2.51. The molecule has 0 atom stereocenters. The van der Waals surface area contributed by atoms with Crippen molar-refractivity contribution in [1.82, 2.24) is 9.97 Å². The average Bonchev–Trinajstić information content (AvgIpc) is 3.03. The normalized spacial score (nSPS) is 16.1. The summed E-state index contributed by atoms with van der Waals surface area (Å²) in [6.07, 6.45) is 4.85. The molecule has 27 heavy (non-hydrogen) atoms. The summed E-state index contributed by atoms with van der Waals surface area (Å²) in [5, 5.41) is 3.07. The topological polar surface area (TPSA) is 44.2 Å². The molecule has 0 N–H and O–H groups in total. The van der Waals surface area contributed by atoms with Gasteiger partial charge in [0.2, 0.25) is 0 Å². The molecule has 2 aromatic heterocycles. The highest BCUT2D eigenvalue weighted by molar-refractivity contribution is 7.98. The number of nitrogens with zero attached hydrogens (tertiary/aromatic N) is 2. The number of thiophene rings is 1. The molecule has 4 nitrogen and oxygen atoms in total. The van der Waals surface area contributed by atoms with E-state index in [9.17, 15) is 0 Å². The van der Waals surface area contributed by atoms with Crippen LogP contribution in [-0.4, -0.2) is 16.8 Å². The zero-order valence-corrected chi connectivity index (χ0v) is 17.4. The Morgan fingerprint density at radius 3 is 3.04 bits per heavy atom. The average molecular weight is 419 g/mol. The third-order valence-electron chi connectivity index (χ3n) is 5.01. The molecule has 7 heteroatoms. The van der Waals surface area contributed by atoms with Crippen LogP contribution in [0.3, 0.4) is 0 Å². The van der Waals surface area contributed by atoms with Crippen LogP contribution < -0.4 is 4.74 Å². The zero-order valence-electron chi connectivity index (χ0n) is 15.0. The van der Waals surface area contributed by atoms with E-state index < -0.39 is 0 Å². The quantitative estimate of drug-likeness (QED) is 0.403. The van der Waals surface area contributed by atoms with E-state index in [1.165, 1.54) is 35.1 Å². The maximum Gasteiger partial charge on any atom is 0.189 e. The van der Waals surface area contributed by atoms with Gasteiger partial charge in [-0.3, -0.25) is 0 Å². The van der Waals surface area contributed by atoms with Crippen molar-refractivity contribution in [3.05, 3.63) is 44.5 Å². The fraction of sp³-hybridized carbons (Fsp3) is 0.400. The van der Waals surface area contributed by atoms with Crippen LogP contribution in [-0.2, 0) is 29.9 Å². The molecule has 2 aliphatic rings. The molecule has 3 aromatic rings. The van der Waals surface area contributed by atoms with Crippen LogP contribution in [0.25, 0.3) is 10.2 Å². The lowest BCUT2D eigenvalue weighted by Crippen LogP contribution is -2.13. The first-order valence-corrected chi connectivity index (χ1v) is 11.3. The third kappa shape index (κ3) is 3.33. The van der Waals surface area contributed by atoms with Crippen molar-refractivity contribution in [3.8, 4) is 5.75 Å². The van der Waals surface area contributed by atoms with Gasteiger partial charge in [-0.15, -0.1) is 23.1 Å². The number of ether oxygens (including phenoxy) is 2. The lowest BCUT2D eigenvalue weighted by molar-refractivity contribution is -0.0168. The van der Waals surface area contributed by atoms with Gasteiger partial charge in [0.25, 0.3) is 0 Å². The molecule has 140 valence electrons. The standard InChI is InChI=1S/C20H19ClN2O2S2/c1-11-22-19(17-15-4-2-3-5-16(15)27-20(17)23-11)26-9-13-7-14(21)6-12-8-24-10-25-18(12)13/h6-7H,2-5,8-10H2,1H3. The number of fused-ring (bicyclic) bond motifs is 4. The SMILES string of the molecule is Cc1nc(SCc2cc(Cl)cc3c2OCOC3)c2c3c(sc2n1)CCCC3. The number of benzene rings is 1. The first-order valence-electron chi connectivity index (χ1n) is 9.12. The molecule has 0 bridgehead atoms. The van der Waals surface area contributed by atoms with E-state index in [0.717, 1.165) is 49.8 Å². The number of aromatic nitrogens is 2. The van der Waals surface area contributed by atoms with E-state index in [4.69, 9.17) is 31.0 Å². The number of rotatable bonds is 3. The van der Waals surface area contributed by atoms with Gasteiger partial charge in [0, 0.05) is 32.2 Å². The molecule has 1 aliphatic heterocycles. The van der Waals surface area contributed by atoms with Crippen molar-refractivity contribution in [2.45, 2.75) is 50.0 Å². The molecular formula is C20H19ClN2O2S2. The van der Waals surface area contributed by atoms with Crippen molar-refractivity contribution in [1.29, 1.82) is 0 Å². The predicted molar refractivity (Wildman–Crippen MR) is 110 cm³/mol. The van der Waals surface area contributed by atoms with Gasteiger partial charge in [0.05, 0.1) is 6.61 Å². The maximum absolute atomic E-state index is 6.32. The van der Waals surface area contributed by atoms with Gasteiger partial charge < -0.3 is 9.47 Å². The minimum atomic E-state index is 0.293. The van der Waals surface area contributed by atoms with E-state index in [2.05, 4.69) is 0 Å². The van der Waals surface area contributed by atoms with Crippen LogP contribution in [0, 0.1) is 6.92 Å². The fourth-order valence-corrected chi connectivity index (χ4v) is 6.54.